The molecule has 0 saturated heterocycles. The molecule has 0 spiro atoms. The van der Waals surface area contributed by atoms with Gasteiger partial charge in [0.05, 0.1) is 18.7 Å². The molecule has 0 unspecified atom stereocenters. The molecule has 1 aromatic heterocycles. The maximum Gasteiger partial charge on any atom is 0.338 e. The van der Waals surface area contributed by atoms with Gasteiger partial charge in [0.1, 0.15) is 5.69 Å². The molecule has 1 amide bonds. The second-order valence-corrected chi connectivity index (χ2v) is 5.96. The highest BCUT2D eigenvalue weighted by molar-refractivity contribution is 6.03. The highest BCUT2D eigenvalue weighted by atomic mass is 16.5. The number of nitrogens with zero attached hydrogens (tertiary/aromatic N) is 2. The summed E-state index contributed by atoms with van der Waals surface area (Å²) >= 11 is 0. The number of nitrogens with one attached hydrogen (secondary N) is 1. The summed E-state index contributed by atoms with van der Waals surface area (Å²) in [6, 6.07) is 18.5. The van der Waals surface area contributed by atoms with Crippen LogP contribution in [0.15, 0.2) is 71.5 Å². The summed E-state index contributed by atoms with van der Waals surface area (Å²) in [6.45, 7) is 2.25. The van der Waals surface area contributed by atoms with Crippen LogP contribution in [0, 0.1) is 0 Å². The van der Waals surface area contributed by atoms with E-state index < -0.39 is 11.9 Å². The van der Waals surface area contributed by atoms with Gasteiger partial charge < -0.3 is 10.1 Å². The third-order valence-corrected chi connectivity index (χ3v) is 3.91. The Kier molecular flexibility index (Phi) is 5.96. The van der Waals surface area contributed by atoms with Crippen LogP contribution in [0.5, 0.6) is 0 Å². The van der Waals surface area contributed by atoms with E-state index in [1.165, 1.54) is 22.9 Å². The summed E-state index contributed by atoms with van der Waals surface area (Å²) in [5, 5.41) is 6.83. The minimum absolute atomic E-state index is 0.0945. The first-order valence-electron chi connectivity index (χ1n) is 8.77. The molecular weight excluding hydrogens is 358 g/mol. The van der Waals surface area contributed by atoms with E-state index in [1.54, 1.807) is 25.1 Å². The largest absolute Gasteiger partial charge is 0.462 e. The first kappa shape index (κ1) is 19.0. The number of anilines is 1. The van der Waals surface area contributed by atoms with Crippen molar-refractivity contribution in [3.05, 3.63) is 93.9 Å². The van der Waals surface area contributed by atoms with E-state index in [4.69, 9.17) is 4.74 Å². The SMILES string of the molecule is CCOC(=O)c1cccc(NC(=O)c2ccc(=O)n(Cc3ccccc3)n2)c1. The molecule has 0 aliphatic heterocycles. The molecule has 2 aromatic carbocycles. The van der Waals surface area contributed by atoms with Crippen molar-refractivity contribution >= 4 is 17.6 Å². The van der Waals surface area contributed by atoms with Crippen molar-refractivity contribution in [3.63, 3.8) is 0 Å². The number of hydrogen-bond donors (Lipinski definition) is 1. The summed E-state index contributed by atoms with van der Waals surface area (Å²) < 4.78 is 6.19. The van der Waals surface area contributed by atoms with Gasteiger partial charge in [-0.05, 0) is 36.8 Å². The van der Waals surface area contributed by atoms with Gasteiger partial charge in [-0.25, -0.2) is 9.48 Å². The number of esters is 1. The highest BCUT2D eigenvalue weighted by Crippen LogP contribution is 2.13. The Morgan fingerprint density at radius 2 is 1.82 bits per heavy atom. The fourth-order valence-electron chi connectivity index (χ4n) is 2.57. The van der Waals surface area contributed by atoms with Gasteiger partial charge in [-0.2, -0.15) is 5.10 Å². The molecule has 0 fully saturated rings. The van der Waals surface area contributed by atoms with E-state index in [0.717, 1.165) is 5.56 Å². The maximum atomic E-state index is 12.5. The number of rotatable bonds is 6. The van der Waals surface area contributed by atoms with Crippen molar-refractivity contribution in [2.75, 3.05) is 11.9 Å². The Morgan fingerprint density at radius 3 is 2.57 bits per heavy atom. The predicted molar refractivity (Wildman–Crippen MR) is 104 cm³/mol. The number of ether oxygens (including phenoxy) is 1. The zero-order valence-corrected chi connectivity index (χ0v) is 15.3. The van der Waals surface area contributed by atoms with Crippen LogP contribution in [-0.2, 0) is 11.3 Å². The summed E-state index contributed by atoms with van der Waals surface area (Å²) in [5.41, 5.74) is 1.46. The normalized spacial score (nSPS) is 10.3. The van der Waals surface area contributed by atoms with Crippen LogP contribution in [0.2, 0.25) is 0 Å². The topological polar surface area (TPSA) is 90.3 Å². The number of benzene rings is 2. The van der Waals surface area contributed by atoms with Crippen LogP contribution in [-0.4, -0.2) is 28.3 Å². The number of carbonyl (C=O) groups excluding carboxylic acids is 2. The quantitative estimate of drug-likeness (QED) is 0.667. The lowest BCUT2D eigenvalue weighted by atomic mass is 10.2. The van der Waals surface area contributed by atoms with Crippen LogP contribution >= 0.6 is 0 Å². The summed E-state index contributed by atoms with van der Waals surface area (Å²) in [7, 11) is 0. The zero-order valence-electron chi connectivity index (χ0n) is 15.3. The third-order valence-electron chi connectivity index (χ3n) is 3.91. The second-order valence-electron chi connectivity index (χ2n) is 5.96. The molecule has 0 bridgehead atoms. The molecule has 28 heavy (non-hydrogen) atoms. The molecule has 0 atom stereocenters. The van der Waals surface area contributed by atoms with Gasteiger partial charge in [0, 0.05) is 11.8 Å². The molecule has 0 saturated carbocycles. The summed E-state index contributed by atoms with van der Waals surface area (Å²) in [4.78, 5) is 36.4. The predicted octanol–water partition coefficient (Wildman–Crippen LogP) is 2.72. The number of aromatic nitrogens is 2. The monoisotopic (exact) mass is 377 g/mol. The average Bonchev–Trinajstić information content (AvgIpc) is 2.71. The van der Waals surface area contributed by atoms with E-state index in [9.17, 15) is 14.4 Å². The van der Waals surface area contributed by atoms with Gasteiger partial charge in [0.2, 0.25) is 0 Å². The molecule has 3 rings (SSSR count). The van der Waals surface area contributed by atoms with Crippen LogP contribution in [0.1, 0.15) is 33.3 Å². The van der Waals surface area contributed by atoms with Gasteiger partial charge >= 0.3 is 5.97 Å². The van der Waals surface area contributed by atoms with Crippen molar-refractivity contribution in [3.8, 4) is 0 Å². The molecule has 1 N–H and O–H groups in total. The minimum Gasteiger partial charge on any atom is -0.462 e. The Bertz CT molecular complexity index is 1040. The third kappa shape index (κ3) is 4.70. The fourth-order valence-corrected chi connectivity index (χ4v) is 2.57. The molecule has 0 aliphatic carbocycles. The molecule has 142 valence electrons. The van der Waals surface area contributed by atoms with E-state index >= 15 is 0 Å². The first-order chi connectivity index (χ1) is 13.6. The molecule has 1 heterocycles. The number of amides is 1. The van der Waals surface area contributed by atoms with Crippen LogP contribution in [0.25, 0.3) is 0 Å². The summed E-state index contributed by atoms with van der Waals surface area (Å²) in [5.74, 6) is -0.948. The van der Waals surface area contributed by atoms with Gasteiger partial charge in [-0.15, -0.1) is 0 Å². The van der Waals surface area contributed by atoms with Crippen LogP contribution in [0.3, 0.4) is 0 Å². The summed E-state index contributed by atoms with van der Waals surface area (Å²) in [6.07, 6.45) is 0. The van der Waals surface area contributed by atoms with Crippen molar-refractivity contribution in [2.24, 2.45) is 0 Å². The highest BCUT2D eigenvalue weighted by Gasteiger charge is 2.12. The van der Waals surface area contributed by atoms with Gasteiger partial charge in [0.25, 0.3) is 11.5 Å². The lowest BCUT2D eigenvalue weighted by Gasteiger charge is -2.09. The average molecular weight is 377 g/mol. The van der Waals surface area contributed by atoms with Crippen LogP contribution < -0.4 is 10.9 Å². The number of carbonyl (C=O) groups is 2. The molecule has 7 nitrogen and oxygen atoms in total. The van der Waals surface area contributed by atoms with Crippen molar-refractivity contribution < 1.29 is 14.3 Å². The van der Waals surface area contributed by atoms with E-state index in [0.29, 0.717) is 11.3 Å². The van der Waals surface area contributed by atoms with Crippen molar-refractivity contribution in [1.29, 1.82) is 0 Å². The minimum atomic E-state index is -0.483. The lowest BCUT2D eigenvalue weighted by molar-refractivity contribution is 0.0526. The molecular formula is C21H19N3O4. The van der Waals surface area contributed by atoms with E-state index in [2.05, 4.69) is 10.4 Å². The van der Waals surface area contributed by atoms with E-state index in [1.807, 2.05) is 30.3 Å². The second kappa shape index (κ2) is 8.77. The Balaban J connectivity index is 1.78. The smallest absolute Gasteiger partial charge is 0.338 e. The van der Waals surface area contributed by atoms with Crippen molar-refractivity contribution in [2.45, 2.75) is 13.5 Å². The Hall–Kier alpha value is -3.74. The number of hydrogen-bond acceptors (Lipinski definition) is 5. The molecule has 0 aliphatic rings. The van der Waals surface area contributed by atoms with Gasteiger partial charge in [0.15, 0.2) is 0 Å². The molecule has 3 aromatic rings. The fraction of sp³-hybridized carbons (Fsp3) is 0.143. The zero-order chi connectivity index (χ0) is 19.9. The molecule has 7 heteroatoms. The van der Waals surface area contributed by atoms with Crippen LogP contribution in [0.4, 0.5) is 5.69 Å². The molecule has 0 radical (unpaired) electrons. The first-order valence-corrected chi connectivity index (χ1v) is 8.77. The van der Waals surface area contributed by atoms with Crippen molar-refractivity contribution in [1.82, 2.24) is 9.78 Å². The Morgan fingerprint density at radius 1 is 1.04 bits per heavy atom. The van der Waals surface area contributed by atoms with Gasteiger partial charge in [-0.1, -0.05) is 36.4 Å². The maximum absolute atomic E-state index is 12.5. The lowest BCUT2D eigenvalue weighted by Crippen LogP contribution is -2.26. The Labute approximate surface area is 161 Å². The van der Waals surface area contributed by atoms with Gasteiger partial charge in [-0.3, -0.25) is 9.59 Å². The van der Waals surface area contributed by atoms with E-state index in [-0.39, 0.29) is 24.4 Å². The standard InChI is InChI=1S/C21H19N3O4/c1-2-28-21(27)16-9-6-10-17(13-16)22-20(26)18-11-12-19(25)24(23-18)14-15-7-4-3-5-8-15/h3-13H,2,14H2,1H3,(H,22,26).